The van der Waals surface area contributed by atoms with E-state index in [4.69, 9.17) is 5.73 Å². The minimum absolute atomic E-state index is 0. The van der Waals surface area contributed by atoms with E-state index in [2.05, 4.69) is 42.8 Å². The molecule has 1 amide bonds. The number of hydrogen-bond acceptors (Lipinski definition) is 2. The number of Topliss-reactive ketones (excluding diaryl/α,β-unsaturated/α-hetero) is 1. The number of primary amides is 1. The summed E-state index contributed by atoms with van der Waals surface area (Å²) in [7, 11) is 0. The number of nitrogens with two attached hydrogens (primary N) is 1. The highest BCUT2D eigenvalue weighted by atomic mass is 16.1. The first-order chi connectivity index (χ1) is 15.6. The Morgan fingerprint density at radius 3 is 2.34 bits per heavy atom. The quantitative estimate of drug-likeness (QED) is 0.542. The second-order valence-corrected chi connectivity index (χ2v) is 7.69. The van der Waals surface area contributed by atoms with Crippen molar-refractivity contribution in [2.75, 3.05) is 0 Å². The number of amides is 1. The Hall–Kier alpha value is -2.94. The molecule has 1 unspecified atom stereocenters. The number of fused-ring (bicyclic) bond motifs is 1. The summed E-state index contributed by atoms with van der Waals surface area (Å²) in [5, 5.41) is 0. The zero-order valence-electron chi connectivity index (χ0n) is 19.9. The lowest BCUT2D eigenvalue weighted by molar-refractivity contribution is 0.0973. The molecule has 3 nitrogen and oxygen atoms in total. The summed E-state index contributed by atoms with van der Waals surface area (Å²) in [6.45, 7) is 8.00. The number of rotatable bonds is 5. The first-order valence-electron chi connectivity index (χ1n) is 11.8. The molecular formula is C29H38NO2. The molecule has 0 fully saturated rings. The van der Waals surface area contributed by atoms with Gasteiger partial charge in [0.2, 0.25) is 5.91 Å². The summed E-state index contributed by atoms with van der Waals surface area (Å²) in [6.07, 6.45) is 10.6. The monoisotopic (exact) mass is 432 g/mol. The van der Waals surface area contributed by atoms with E-state index in [1.807, 2.05) is 39.8 Å². The predicted octanol–water partition coefficient (Wildman–Crippen LogP) is 7.23. The highest BCUT2D eigenvalue weighted by molar-refractivity contribution is 6.04. The fourth-order valence-corrected chi connectivity index (χ4v) is 3.91. The summed E-state index contributed by atoms with van der Waals surface area (Å²) in [6, 6.07) is 15.7. The second kappa shape index (κ2) is 12.8. The highest BCUT2D eigenvalue weighted by Gasteiger charge is 2.22. The number of benzene rings is 2. The van der Waals surface area contributed by atoms with Gasteiger partial charge >= 0.3 is 0 Å². The van der Waals surface area contributed by atoms with Gasteiger partial charge in [-0.3, -0.25) is 9.59 Å². The van der Waals surface area contributed by atoms with Crippen LogP contribution >= 0.6 is 0 Å². The zero-order chi connectivity index (χ0) is 23.5. The molecule has 0 aromatic heterocycles. The SMILES string of the molecule is CC.CC.NC(=O)c1ccc2c(c1)C(=O)CCC(Cc1ccccc1)C/C=C\2CC1=C[CH]1.[HH]. The van der Waals surface area contributed by atoms with E-state index in [1.165, 1.54) is 16.7 Å². The van der Waals surface area contributed by atoms with Crippen LogP contribution < -0.4 is 5.73 Å². The lowest BCUT2D eigenvalue weighted by Gasteiger charge is -2.14. The lowest BCUT2D eigenvalue weighted by atomic mass is 9.90. The van der Waals surface area contributed by atoms with Gasteiger partial charge in [-0.25, -0.2) is 0 Å². The fourth-order valence-electron chi connectivity index (χ4n) is 3.91. The zero-order valence-corrected chi connectivity index (χ0v) is 19.9. The largest absolute Gasteiger partial charge is 0.366 e. The lowest BCUT2D eigenvalue weighted by Crippen LogP contribution is -2.13. The second-order valence-electron chi connectivity index (χ2n) is 7.69. The topological polar surface area (TPSA) is 60.2 Å². The van der Waals surface area contributed by atoms with E-state index in [-0.39, 0.29) is 7.21 Å². The van der Waals surface area contributed by atoms with Crippen LogP contribution in [0.2, 0.25) is 0 Å². The van der Waals surface area contributed by atoms with Crippen molar-refractivity contribution in [3.63, 3.8) is 0 Å². The number of allylic oxidation sites excluding steroid dienone is 4. The standard InChI is InChI=1S/C25H24NO2.2C2H6.H2/c26-25(28)21-11-12-22-20(15-19-6-7-19)10-8-18(9-13-24(27)23(22)16-21)14-17-4-2-1-3-5-17;2*1-2;/h1-7,10-12,16,18H,8-9,13-15H2,(H2,26,28);2*1-2H3;1H/b20-10-;;;. The van der Waals surface area contributed by atoms with Crippen LogP contribution in [0.4, 0.5) is 0 Å². The van der Waals surface area contributed by atoms with Crippen molar-refractivity contribution in [2.45, 2.75) is 59.8 Å². The van der Waals surface area contributed by atoms with Crippen molar-refractivity contribution in [1.82, 2.24) is 0 Å². The van der Waals surface area contributed by atoms with Crippen LogP contribution in [0.15, 0.2) is 66.3 Å². The Labute approximate surface area is 194 Å². The molecule has 1 atom stereocenters. The van der Waals surface area contributed by atoms with Gasteiger partial charge in [-0.1, -0.05) is 81.8 Å². The van der Waals surface area contributed by atoms with Gasteiger partial charge in [0.1, 0.15) is 0 Å². The van der Waals surface area contributed by atoms with Gasteiger partial charge in [-0.2, -0.15) is 0 Å². The third-order valence-corrected chi connectivity index (χ3v) is 5.59. The first kappa shape index (κ1) is 25.3. The predicted molar refractivity (Wildman–Crippen MR) is 137 cm³/mol. The molecule has 2 aliphatic carbocycles. The molecule has 2 N–H and O–H groups in total. The molecule has 3 heteroatoms. The Bertz CT molecular complexity index is 976. The Morgan fingerprint density at radius 1 is 1.03 bits per heavy atom. The van der Waals surface area contributed by atoms with Crippen molar-refractivity contribution in [3.05, 3.63) is 94.9 Å². The van der Waals surface area contributed by atoms with Gasteiger partial charge in [0.15, 0.2) is 5.78 Å². The van der Waals surface area contributed by atoms with Gasteiger partial charge in [0.25, 0.3) is 0 Å². The van der Waals surface area contributed by atoms with E-state index < -0.39 is 5.91 Å². The van der Waals surface area contributed by atoms with E-state index in [9.17, 15) is 9.59 Å². The number of ketones is 1. The highest BCUT2D eigenvalue weighted by Crippen LogP contribution is 2.35. The maximum atomic E-state index is 13.0. The first-order valence-corrected chi connectivity index (χ1v) is 11.8. The van der Waals surface area contributed by atoms with Crippen LogP contribution in [-0.2, 0) is 6.42 Å². The smallest absolute Gasteiger partial charge is 0.248 e. The van der Waals surface area contributed by atoms with Gasteiger partial charge in [-0.05, 0) is 60.4 Å². The molecule has 0 bridgehead atoms. The van der Waals surface area contributed by atoms with Gasteiger partial charge in [-0.15, -0.1) is 0 Å². The maximum absolute atomic E-state index is 13.0. The Morgan fingerprint density at radius 2 is 1.72 bits per heavy atom. The number of carbonyl (C=O) groups excluding carboxylic acids is 2. The summed E-state index contributed by atoms with van der Waals surface area (Å²) < 4.78 is 0. The average molecular weight is 433 g/mol. The van der Waals surface area contributed by atoms with Crippen molar-refractivity contribution in [3.8, 4) is 0 Å². The molecule has 32 heavy (non-hydrogen) atoms. The normalized spacial score (nSPS) is 18.5. The van der Waals surface area contributed by atoms with Crippen molar-refractivity contribution in [1.29, 1.82) is 0 Å². The Balaban J connectivity index is 0.00000103. The molecule has 2 aliphatic rings. The fraction of sp³-hybridized carbons (Fsp3) is 0.345. The van der Waals surface area contributed by atoms with Crippen molar-refractivity contribution in [2.24, 2.45) is 11.7 Å². The molecule has 0 saturated carbocycles. The molecule has 1 radical (unpaired) electrons. The molecule has 4 rings (SSSR count). The van der Waals surface area contributed by atoms with Crippen molar-refractivity contribution < 1.29 is 11.0 Å². The molecule has 0 spiro atoms. The van der Waals surface area contributed by atoms with E-state index in [1.54, 1.807) is 12.1 Å². The third-order valence-electron chi connectivity index (χ3n) is 5.59. The summed E-state index contributed by atoms with van der Waals surface area (Å²) in [5.41, 5.74) is 11.2. The maximum Gasteiger partial charge on any atom is 0.248 e. The van der Waals surface area contributed by atoms with Crippen LogP contribution in [0, 0.1) is 12.3 Å². The molecule has 2 aromatic carbocycles. The summed E-state index contributed by atoms with van der Waals surface area (Å²) in [5.74, 6) is 0.0161. The Kier molecular flexibility index (Phi) is 10.1. The molecule has 0 saturated heterocycles. The van der Waals surface area contributed by atoms with Crippen LogP contribution in [0.25, 0.3) is 5.57 Å². The van der Waals surface area contributed by atoms with Crippen LogP contribution in [0.5, 0.6) is 0 Å². The van der Waals surface area contributed by atoms with Gasteiger partial charge in [0.05, 0.1) is 0 Å². The van der Waals surface area contributed by atoms with Crippen LogP contribution in [0.3, 0.4) is 0 Å². The molecule has 0 heterocycles. The minimum Gasteiger partial charge on any atom is -0.366 e. The van der Waals surface area contributed by atoms with Gasteiger partial charge < -0.3 is 5.73 Å². The summed E-state index contributed by atoms with van der Waals surface area (Å²) >= 11 is 0. The number of carbonyl (C=O) groups is 2. The third kappa shape index (κ3) is 7.05. The van der Waals surface area contributed by atoms with Crippen LogP contribution in [-0.4, -0.2) is 11.7 Å². The van der Waals surface area contributed by atoms with Gasteiger partial charge in [0, 0.05) is 25.4 Å². The van der Waals surface area contributed by atoms with E-state index in [0.29, 0.717) is 23.5 Å². The molecule has 2 aromatic rings. The van der Waals surface area contributed by atoms with Crippen LogP contribution in [0.1, 0.15) is 86.6 Å². The minimum atomic E-state index is -0.499. The van der Waals surface area contributed by atoms with E-state index in [0.717, 1.165) is 31.2 Å². The summed E-state index contributed by atoms with van der Waals surface area (Å²) in [4.78, 5) is 24.7. The molecular weight excluding hydrogens is 394 g/mol. The molecule has 0 aliphatic heterocycles. The van der Waals surface area contributed by atoms with Crippen molar-refractivity contribution >= 4 is 17.3 Å². The molecule has 171 valence electrons. The average Bonchev–Trinajstić information content (AvgIpc) is 3.65. The van der Waals surface area contributed by atoms with E-state index >= 15 is 0 Å². The number of hydrogen-bond donors (Lipinski definition) is 1.